The Morgan fingerprint density at radius 3 is 2.94 bits per heavy atom. The van der Waals surface area contributed by atoms with Crippen LogP contribution in [0, 0.1) is 0 Å². The van der Waals surface area contributed by atoms with Gasteiger partial charge in [-0.25, -0.2) is 0 Å². The normalized spacial score (nSPS) is 25.9. The van der Waals surface area contributed by atoms with E-state index in [1.165, 1.54) is 18.4 Å². The second-order valence-electron chi connectivity index (χ2n) is 4.70. The van der Waals surface area contributed by atoms with Crippen molar-refractivity contribution < 1.29 is 5.11 Å². The van der Waals surface area contributed by atoms with Crippen molar-refractivity contribution >= 4 is 0 Å². The minimum absolute atomic E-state index is 0.157. The highest BCUT2D eigenvalue weighted by Gasteiger charge is 2.26. The molecule has 0 aliphatic heterocycles. The summed E-state index contributed by atoms with van der Waals surface area (Å²) in [7, 11) is 2.09. The average molecular weight is 220 g/mol. The van der Waals surface area contributed by atoms with Crippen LogP contribution in [0.3, 0.4) is 0 Å². The molecule has 0 saturated heterocycles. The van der Waals surface area contributed by atoms with E-state index in [9.17, 15) is 5.11 Å². The summed E-state index contributed by atoms with van der Waals surface area (Å²) in [5.74, 6) is 0. The molecular formula is C13H20N2O. The van der Waals surface area contributed by atoms with Crippen LogP contribution in [0.4, 0.5) is 0 Å². The van der Waals surface area contributed by atoms with Gasteiger partial charge in [-0.15, -0.1) is 0 Å². The van der Waals surface area contributed by atoms with Crippen molar-refractivity contribution in [2.75, 3.05) is 7.05 Å². The van der Waals surface area contributed by atoms with E-state index in [0.29, 0.717) is 6.04 Å². The minimum Gasteiger partial charge on any atom is -0.391 e. The summed E-state index contributed by atoms with van der Waals surface area (Å²) in [6.07, 6.45) is 7.98. The monoisotopic (exact) mass is 220 g/mol. The van der Waals surface area contributed by atoms with Crippen molar-refractivity contribution in [3.63, 3.8) is 0 Å². The number of hydrogen-bond acceptors (Lipinski definition) is 3. The molecule has 1 aromatic heterocycles. The van der Waals surface area contributed by atoms with Crippen LogP contribution < -0.4 is 0 Å². The summed E-state index contributed by atoms with van der Waals surface area (Å²) in [5, 5.41) is 9.96. The first-order chi connectivity index (χ1) is 7.77. The van der Waals surface area contributed by atoms with Gasteiger partial charge in [0.25, 0.3) is 0 Å². The Balaban J connectivity index is 1.94. The van der Waals surface area contributed by atoms with Crippen molar-refractivity contribution in [1.29, 1.82) is 0 Å². The first kappa shape index (κ1) is 11.6. The SMILES string of the molecule is CN(Cc1cccnc1)C1CCCCC1O. The van der Waals surface area contributed by atoms with E-state index in [1.54, 1.807) is 6.20 Å². The van der Waals surface area contributed by atoms with Gasteiger partial charge in [0.1, 0.15) is 0 Å². The summed E-state index contributed by atoms with van der Waals surface area (Å²) in [6.45, 7) is 0.871. The zero-order valence-corrected chi connectivity index (χ0v) is 9.84. The number of aliphatic hydroxyl groups is 1. The van der Waals surface area contributed by atoms with Crippen LogP contribution in [0.25, 0.3) is 0 Å². The van der Waals surface area contributed by atoms with Crippen molar-refractivity contribution in [3.05, 3.63) is 30.1 Å². The zero-order valence-electron chi connectivity index (χ0n) is 9.84. The van der Waals surface area contributed by atoms with Gasteiger partial charge >= 0.3 is 0 Å². The fourth-order valence-electron chi connectivity index (χ4n) is 2.50. The Morgan fingerprint density at radius 2 is 2.25 bits per heavy atom. The molecule has 1 saturated carbocycles. The molecule has 1 N–H and O–H groups in total. The van der Waals surface area contributed by atoms with Crippen LogP contribution in [-0.2, 0) is 6.54 Å². The van der Waals surface area contributed by atoms with Gasteiger partial charge in [-0.05, 0) is 31.5 Å². The number of rotatable bonds is 3. The van der Waals surface area contributed by atoms with Crippen LogP contribution in [0.15, 0.2) is 24.5 Å². The Labute approximate surface area is 97.1 Å². The standard InChI is InChI=1S/C13H20N2O/c1-15(10-11-5-4-8-14-9-11)12-6-2-3-7-13(12)16/h4-5,8-9,12-13,16H,2-3,6-7,10H2,1H3. The molecule has 2 rings (SSSR count). The lowest BCUT2D eigenvalue weighted by atomic mass is 9.91. The number of pyridine rings is 1. The molecule has 1 heterocycles. The molecule has 1 aliphatic rings. The van der Waals surface area contributed by atoms with Crippen LogP contribution in [0.2, 0.25) is 0 Å². The smallest absolute Gasteiger partial charge is 0.0695 e. The molecule has 2 unspecified atom stereocenters. The van der Waals surface area contributed by atoms with Crippen LogP contribution in [0.5, 0.6) is 0 Å². The van der Waals surface area contributed by atoms with Gasteiger partial charge in [0.15, 0.2) is 0 Å². The van der Waals surface area contributed by atoms with Crippen LogP contribution >= 0.6 is 0 Å². The summed E-state index contributed by atoms with van der Waals surface area (Å²) >= 11 is 0. The van der Waals surface area contributed by atoms with Gasteiger partial charge in [0.2, 0.25) is 0 Å². The summed E-state index contributed by atoms with van der Waals surface area (Å²) in [4.78, 5) is 6.36. The molecule has 3 heteroatoms. The maximum Gasteiger partial charge on any atom is 0.0695 e. The first-order valence-electron chi connectivity index (χ1n) is 6.04. The van der Waals surface area contributed by atoms with Gasteiger partial charge in [-0.3, -0.25) is 9.88 Å². The quantitative estimate of drug-likeness (QED) is 0.844. The molecule has 88 valence electrons. The Bertz CT molecular complexity index is 315. The lowest BCUT2D eigenvalue weighted by Crippen LogP contribution is -2.42. The van der Waals surface area contributed by atoms with Crippen molar-refractivity contribution in [2.24, 2.45) is 0 Å². The molecule has 0 bridgehead atoms. The lowest BCUT2D eigenvalue weighted by Gasteiger charge is -2.35. The predicted octanol–water partition coefficient (Wildman–Crippen LogP) is 1.82. The molecule has 0 radical (unpaired) electrons. The van der Waals surface area contributed by atoms with E-state index in [2.05, 4.69) is 23.0 Å². The minimum atomic E-state index is -0.157. The average Bonchev–Trinajstić information content (AvgIpc) is 2.31. The van der Waals surface area contributed by atoms with Crippen LogP contribution in [-0.4, -0.2) is 34.2 Å². The maximum atomic E-state index is 9.96. The summed E-state index contributed by atoms with van der Waals surface area (Å²) in [5.41, 5.74) is 1.21. The molecule has 1 aliphatic carbocycles. The highest BCUT2D eigenvalue weighted by molar-refractivity contribution is 5.08. The van der Waals surface area contributed by atoms with Crippen molar-refractivity contribution in [1.82, 2.24) is 9.88 Å². The number of likely N-dealkylation sites (N-methyl/N-ethyl adjacent to an activating group) is 1. The van der Waals surface area contributed by atoms with Crippen molar-refractivity contribution in [2.45, 2.75) is 44.4 Å². The van der Waals surface area contributed by atoms with E-state index in [0.717, 1.165) is 19.4 Å². The molecule has 16 heavy (non-hydrogen) atoms. The number of aromatic nitrogens is 1. The number of nitrogens with zero attached hydrogens (tertiary/aromatic N) is 2. The fraction of sp³-hybridized carbons (Fsp3) is 0.615. The van der Waals surface area contributed by atoms with Gasteiger partial charge < -0.3 is 5.11 Å². The second kappa shape index (κ2) is 5.41. The first-order valence-corrected chi connectivity index (χ1v) is 6.04. The molecule has 1 aromatic rings. The third kappa shape index (κ3) is 2.80. The van der Waals surface area contributed by atoms with Crippen LogP contribution in [0.1, 0.15) is 31.2 Å². The Kier molecular flexibility index (Phi) is 3.91. The topological polar surface area (TPSA) is 36.4 Å². The van der Waals surface area contributed by atoms with Crippen molar-refractivity contribution in [3.8, 4) is 0 Å². The predicted molar refractivity (Wildman–Crippen MR) is 64.0 cm³/mol. The van der Waals surface area contributed by atoms with E-state index in [4.69, 9.17) is 0 Å². The molecule has 2 atom stereocenters. The molecule has 0 spiro atoms. The fourth-order valence-corrected chi connectivity index (χ4v) is 2.50. The largest absolute Gasteiger partial charge is 0.391 e. The summed E-state index contributed by atoms with van der Waals surface area (Å²) in [6, 6.07) is 4.35. The number of aliphatic hydroxyl groups excluding tert-OH is 1. The maximum absolute atomic E-state index is 9.96. The van der Waals surface area contributed by atoms with Gasteiger partial charge in [-0.1, -0.05) is 18.9 Å². The highest BCUT2D eigenvalue weighted by atomic mass is 16.3. The van der Waals surface area contributed by atoms with E-state index in [-0.39, 0.29) is 6.10 Å². The Morgan fingerprint density at radius 1 is 1.44 bits per heavy atom. The van der Waals surface area contributed by atoms with E-state index < -0.39 is 0 Å². The second-order valence-corrected chi connectivity index (χ2v) is 4.70. The highest BCUT2D eigenvalue weighted by Crippen LogP contribution is 2.23. The molecule has 3 nitrogen and oxygen atoms in total. The van der Waals surface area contributed by atoms with Gasteiger partial charge in [0.05, 0.1) is 6.10 Å². The van der Waals surface area contributed by atoms with Gasteiger partial charge in [0, 0.05) is 25.0 Å². The van der Waals surface area contributed by atoms with Gasteiger partial charge in [-0.2, -0.15) is 0 Å². The zero-order chi connectivity index (χ0) is 11.4. The summed E-state index contributed by atoms with van der Waals surface area (Å²) < 4.78 is 0. The van der Waals surface area contributed by atoms with E-state index >= 15 is 0 Å². The third-order valence-corrected chi connectivity index (χ3v) is 3.41. The molecule has 0 aromatic carbocycles. The number of hydrogen-bond donors (Lipinski definition) is 1. The molecular weight excluding hydrogens is 200 g/mol. The Hall–Kier alpha value is -0.930. The third-order valence-electron chi connectivity index (χ3n) is 3.41. The van der Waals surface area contributed by atoms with E-state index in [1.807, 2.05) is 12.3 Å². The molecule has 0 amide bonds. The molecule has 1 fully saturated rings. The lowest BCUT2D eigenvalue weighted by molar-refractivity contribution is 0.0288.